The summed E-state index contributed by atoms with van der Waals surface area (Å²) in [6.45, 7) is 5.14. The Hall–Kier alpha value is -4.39. The van der Waals surface area contributed by atoms with Crippen LogP contribution in [0.15, 0.2) is 36.9 Å². The van der Waals surface area contributed by atoms with Crippen LogP contribution in [0.4, 0.5) is 11.6 Å². The maximum Gasteiger partial charge on any atom is 0.475 e. The van der Waals surface area contributed by atoms with Gasteiger partial charge in [0.25, 0.3) is 0 Å². The normalized spacial score (nSPS) is 24.9. The molecule has 23 heteroatoms. The lowest BCUT2D eigenvalue weighted by molar-refractivity contribution is -0.0801. The van der Waals surface area contributed by atoms with Crippen LogP contribution < -0.4 is 11.5 Å². The number of nitrogens with zero attached hydrogens (tertiary/aromatic N) is 8. The molecule has 0 unspecified atom stereocenters. The summed E-state index contributed by atoms with van der Waals surface area (Å²) >= 11 is 0. The smallest absolute Gasteiger partial charge is 0.387 e. The van der Waals surface area contributed by atoms with Crippen molar-refractivity contribution in [1.29, 1.82) is 10.5 Å². The summed E-state index contributed by atoms with van der Waals surface area (Å²) in [7, 11) is -4.84. The molecule has 72 heavy (non-hydrogen) atoms. The quantitative estimate of drug-likeness (QED) is 0.0243. The van der Waals surface area contributed by atoms with Crippen molar-refractivity contribution < 1.29 is 57.5 Å². The van der Waals surface area contributed by atoms with Crippen LogP contribution in [0.1, 0.15) is 135 Å². The Morgan fingerprint density at radius 3 is 1.51 bits per heavy atom. The van der Waals surface area contributed by atoms with E-state index in [9.17, 15) is 35.5 Å². The Morgan fingerprint density at radius 1 is 0.667 bits per heavy atom. The summed E-state index contributed by atoms with van der Waals surface area (Å²) in [5.41, 5.74) is 8.28. The van der Waals surface area contributed by atoms with Gasteiger partial charge in [-0.1, -0.05) is 117 Å². The van der Waals surface area contributed by atoms with E-state index in [2.05, 4.69) is 27.1 Å². The lowest BCUT2D eigenvalue weighted by Gasteiger charge is -2.26. The Kier molecular flexibility index (Phi) is 21.5. The lowest BCUT2D eigenvalue weighted by Crippen LogP contribution is -2.41. The molecule has 0 aliphatic carbocycles. The van der Waals surface area contributed by atoms with Crippen LogP contribution in [0.2, 0.25) is 0 Å². The van der Waals surface area contributed by atoms with Crippen molar-refractivity contribution in [3.05, 3.63) is 48.3 Å². The average Bonchev–Trinajstić information content (AvgIpc) is 4.14. The van der Waals surface area contributed by atoms with Gasteiger partial charge in [0.15, 0.2) is 11.6 Å². The number of aliphatic hydroxyl groups is 4. The van der Waals surface area contributed by atoms with Crippen molar-refractivity contribution in [2.75, 3.05) is 51.1 Å². The topological polar surface area (TPSA) is 323 Å². The number of ether oxygens (including phenoxy) is 4. The Labute approximate surface area is 421 Å². The summed E-state index contributed by atoms with van der Waals surface area (Å²) in [6, 6.07) is 9.83. The van der Waals surface area contributed by atoms with Crippen LogP contribution in [0.25, 0.3) is 11.0 Å². The molecule has 2 aliphatic rings. The van der Waals surface area contributed by atoms with Crippen LogP contribution in [-0.2, 0) is 48.3 Å². The molecule has 8 N–H and O–H groups in total. The minimum atomic E-state index is -4.84. The second kappa shape index (κ2) is 27.2. The van der Waals surface area contributed by atoms with Gasteiger partial charge in [-0.05, 0) is 36.6 Å². The first-order chi connectivity index (χ1) is 34.7. The van der Waals surface area contributed by atoms with Crippen molar-refractivity contribution in [2.45, 2.75) is 177 Å². The predicted molar refractivity (Wildman–Crippen MR) is 264 cm³/mol. The summed E-state index contributed by atoms with van der Waals surface area (Å²) in [4.78, 5) is 7.90. The molecule has 0 bridgehead atoms. The number of fused-ring (bicyclic) bond motifs is 2. The summed E-state index contributed by atoms with van der Waals surface area (Å²) < 4.78 is 59.0. The average molecular weight is 1030 g/mol. The van der Waals surface area contributed by atoms with Gasteiger partial charge in [-0.2, -0.15) is 20.7 Å². The molecule has 6 rings (SSSR count). The lowest BCUT2D eigenvalue weighted by atomic mass is 9.92. The van der Waals surface area contributed by atoms with Gasteiger partial charge in [-0.3, -0.25) is 13.6 Å². The third kappa shape index (κ3) is 13.9. The molecule has 0 spiro atoms. The molecule has 4 aromatic heterocycles. The minimum Gasteiger partial charge on any atom is -0.387 e. The number of phosphoric acid groups is 1. The van der Waals surface area contributed by atoms with Crippen molar-refractivity contribution in [3.8, 4) is 12.1 Å². The van der Waals surface area contributed by atoms with Crippen LogP contribution in [0.5, 0.6) is 0 Å². The standard InChI is InChI=1S/C49H75N10O12P/c1-4-5-6-7-8-9-10-11-12-13-14-15-16-17-18-19-24-65-26-35(66-25-34(2)3)27-67-72(64,68-28-38-42(60)44(62)48(30-50,70-38)40-22-20-36-46(52)54-32-56-58(36)40)69-29-39-43(61)45(63)49(31-51,71-39)41-23-21-37-47(53)55-33-57-59(37)41/h20-23,32-35,38-39,42-45,60-63H,4-19,24-29H2,1-3H3,(H2,52,54,56)(H2,53,55,57)/t35-,38-,39-,42-,43-,44-,45-,48+,49+/m1/s1. The van der Waals surface area contributed by atoms with E-state index >= 15 is 0 Å². The fourth-order valence-electron chi connectivity index (χ4n) is 9.16. The highest BCUT2D eigenvalue weighted by molar-refractivity contribution is 7.48. The van der Waals surface area contributed by atoms with E-state index in [1.165, 1.54) is 117 Å². The Balaban J connectivity index is 1.07. The highest BCUT2D eigenvalue weighted by atomic mass is 31.2. The van der Waals surface area contributed by atoms with Crippen molar-refractivity contribution in [1.82, 2.24) is 29.2 Å². The summed E-state index contributed by atoms with van der Waals surface area (Å²) in [6.07, 6.45) is 11.3. The molecule has 0 aromatic carbocycles. The van der Waals surface area contributed by atoms with Crippen molar-refractivity contribution in [3.63, 3.8) is 0 Å². The van der Waals surface area contributed by atoms with E-state index < -0.39 is 75.0 Å². The number of nitrogen functional groups attached to an aromatic ring is 2. The van der Waals surface area contributed by atoms with Crippen LogP contribution >= 0.6 is 7.82 Å². The highest BCUT2D eigenvalue weighted by Crippen LogP contribution is 2.52. The zero-order valence-electron chi connectivity index (χ0n) is 41.9. The Morgan fingerprint density at radius 2 is 1.10 bits per heavy atom. The molecule has 0 radical (unpaired) electrons. The van der Waals surface area contributed by atoms with E-state index in [0.29, 0.717) is 24.2 Å². The second-order valence-electron chi connectivity index (χ2n) is 19.3. The van der Waals surface area contributed by atoms with E-state index in [-0.39, 0.29) is 42.2 Å². The van der Waals surface area contributed by atoms with Gasteiger partial charge in [0.05, 0.1) is 37.8 Å². The monoisotopic (exact) mass is 1030 g/mol. The molecule has 2 fully saturated rings. The van der Waals surface area contributed by atoms with Gasteiger partial charge in [0, 0.05) is 13.2 Å². The van der Waals surface area contributed by atoms with E-state index in [4.69, 9.17) is 44.0 Å². The molecule has 9 atom stereocenters. The van der Waals surface area contributed by atoms with Gasteiger partial charge in [0.2, 0.25) is 11.2 Å². The predicted octanol–water partition coefficient (Wildman–Crippen LogP) is 5.79. The molecule has 6 heterocycles. The van der Waals surface area contributed by atoms with E-state index in [0.717, 1.165) is 31.9 Å². The number of nitriles is 2. The van der Waals surface area contributed by atoms with Gasteiger partial charge in [0.1, 0.15) is 78.6 Å². The van der Waals surface area contributed by atoms with E-state index in [1.54, 1.807) is 0 Å². The van der Waals surface area contributed by atoms with Gasteiger partial charge >= 0.3 is 7.82 Å². The third-order valence-corrected chi connectivity index (χ3v) is 14.7. The number of nitrogens with two attached hydrogens (primary N) is 2. The number of phosphoric ester groups is 1. The first kappa shape index (κ1) is 56.9. The largest absolute Gasteiger partial charge is 0.475 e. The van der Waals surface area contributed by atoms with Gasteiger partial charge in [-0.15, -0.1) is 0 Å². The molecule has 2 aliphatic heterocycles. The summed E-state index contributed by atoms with van der Waals surface area (Å²) in [5.74, 6) is 0.296. The number of anilines is 2. The fraction of sp³-hybridized carbons (Fsp3) is 0.714. The number of aromatic nitrogens is 6. The number of unbranched alkanes of at least 4 members (excludes halogenated alkanes) is 15. The number of hydrogen-bond acceptors (Lipinski definition) is 20. The third-order valence-electron chi connectivity index (χ3n) is 13.3. The highest BCUT2D eigenvalue weighted by Gasteiger charge is 2.59. The number of rotatable bonds is 33. The first-order valence-electron chi connectivity index (χ1n) is 25.5. The zero-order chi connectivity index (χ0) is 51.7. The fourth-order valence-corrected chi connectivity index (χ4v) is 10.4. The van der Waals surface area contributed by atoms with Crippen LogP contribution in [-0.4, -0.2) is 132 Å². The maximum absolute atomic E-state index is 14.8. The molecule has 2 saturated heterocycles. The minimum absolute atomic E-state index is 0.0281. The molecule has 398 valence electrons. The molecular weight excluding hydrogens is 952 g/mol. The first-order valence-corrected chi connectivity index (χ1v) is 27.0. The SMILES string of the molecule is CCCCCCCCCCCCCCCCCCOC[C@H](COP(=O)(OC[C@H]1O[C@@](C#N)(c2ccc3c(N)ncnn23)[C@H](O)[C@@H]1O)OC[C@H]1O[C@@](C#N)(c2ccc3c(N)ncnn23)[C@H](O)[C@@H]1O)OCC(C)C. The molecular formula is C49H75N10O12P. The molecule has 4 aromatic rings. The number of aliphatic hydroxyl groups excluding tert-OH is 4. The summed E-state index contributed by atoms with van der Waals surface area (Å²) in [5, 5.41) is 74.5. The van der Waals surface area contributed by atoms with Crippen LogP contribution in [0.3, 0.4) is 0 Å². The van der Waals surface area contributed by atoms with Gasteiger partial charge in [-0.25, -0.2) is 23.6 Å². The maximum atomic E-state index is 14.8. The van der Waals surface area contributed by atoms with Crippen LogP contribution in [0, 0.1) is 28.6 Å². The molecule has 0 saturated carbocycles. The molecule has 22 nitrogen and oxygen atoms in total. The second-order valence-corrected chi connectivity index (χ2v) is 20.9. The Bertz CT molecular complexity index is 2300. The van der Waals surface area contributed by atoms with E-state index in [1.807, 2.05) is 26.0 Å². The molecule has 0 amide bonds. The van der Waals surface area contributed by atoms with Crippen molar-refractivity contribution in [2.24, 2.45) is 5.92 Å². The van der Waals surface area contributed by atoms with Gasteiger partial charge < -0.3 is 50.8 Å². The van der Waals surface area contributed by atoms with Crippen molar-refractivity contribution >= 4 is 30.5 Å². The zero-order valence-corrected chi connectivity index (χ0v) is 42.8. The number of hydrogen-bond donors (Lipinski definition) is 6.